The van der Waals surface area contributed by atoms with Crippen LogP contribution in [0.1, 0.15) is 97.8 Å². The van der Waals surface area contributed by atoms with Gasteiger partial charge in [-0.1, -0.05) is 77.6 Å². The molecule has 0 aliphatic heterocycles. The maximum Gasteiger partial charge on any atom is 0.0748 e. The largest absolute Gasteiger partial charge is 0.374 e. The first-order valence-electron chi connectivity index (χ1n) is 8.96. The van der Waals surface area contributed by atoms with Gasteiger partial charge in [0, 0.05) is 13.2 Å². The number of hydrogen-bond acceptors (Lipinski definition) is 2. The monoisotopic (exact) mass is 285 g/mol. The van der Waals surface area contributed by atoms with Crippen LogP contribution in [0.25, 0.3) is 0 Å². The Labute approximate surface area is 127 Å². The molecule has 20 heavy (non-hydrogen) atoms. The SMILES string of the molecule is CCCCCCCCCCCCCCOC(C)(C)CN. The third kappa shape index (κ3) is 14.3. The predicted octanol–water partition coefficient (Wildman–Crippen LogP) is 5.44. The van der Waals surface area contributed by atoms with Gasteiger partial charge in [-0.2, -0.15) is 0 Å². The van der Waals surface area contributed by atoms with E-state index < -0.39 is 0 Å². The van der Waals surface area contributed by atoms with E-state index in [1.165, 1.54) is 77.0 Å². The van der Waals surface area contributed by atoms with E-state index >= 15 is 0 Å². The highest BCUT2D eigenvalue weighted by atomic mass is 16.5. The van der Waals surface area contributed by atoms with Gasteiger partial charge in [0.25, 0.3) is 0 Å². The van der Waals surface area contributed by atoms with Crippen molar-refractivity contribution in [3.63, 3.8) is 0 Å². The normalized spacial score (nSPS) is 12.0. The average molecular weight is 286 g/mol. The molecule has 122 valence electrons. The minimum atomic E-state index is -0.141. The molecule has 0 aromatic heterocycles. The molecular formula is C18H39NO. The summed E-state index contributed by atoms with van der Waals surface area (Å²) < 4.78 is 5.75. The summed E-state index contributed by atoms with van der Waals surface area (Å²) in [6, 6.07) is 0. The van der Waals surface area contributed by atoms with Crippen molar-refractivity contribution in [1.29, 1.82) is 0 Å². The van der Waals surface area contributed by atoms with E-state index in [-0.39, 0.29) is 5.60 Å². The van der Waals surface area contributed by atoms with Crippen molar-refractivity contribution in [1.82, 2.24) is 0 Å². The molecule has 0 saturated heterocycles. The molecule has 0 unspecified atom stereocenters. The lowest BCUT2D eigenvalue weighted by atomic mass is 10.1. The number of hydrogen-bond donors (Lipinski definition) is 1. The summed E-state index contributed by atoms with van der Waals surface area (Å²) in [6.45, 7) is 7.87. The van der Waals surface area contributed by atoms with Gasteiger partial charge in [-0.05, 0) is 20.3 Å². The number of unbranched alkanes of at least 4 members (excludes halogenated alkanes) is 11. The van der Waals surface area contributed by atoms with E-state index in [9.17, 15) is 0 Å². The molecule has 0 aromatic rings. The van der Waals surface area contributed by atoms with Gasteiger partial charge < -0.3 is 10.5 Å². The lowest BCUT2D eigenvalue weighted by Gasteiger charge is -2.23. The fraction of sp³-hybridized carbons (Fsp3) is 1.00. The second-order valence-corrected chi connectivity index (χ2v) is 6.70. The Hall–Kier alpha value is -0.0800. The minimum Gasteiger partial charge on any atom is -0.374 e. The Morgan fingerprint density at radius 3 is 1.50 bits per heavy atom. The molecule has 0 fully saturated rings. The third-order valence-corrected chi connectivity index (χ3v) is 3.98. The maximum atomic E-state index is 5.75. The molecule has 0 bridgehead atoms. The molecule has 0 atom stereocenters. The van der Waals surface area contributed by atoms with Crippen LogP contribution in [0.2, 0.25) is 0 Å². The average Bonchev–Trinajstić information content (AvgIpc) is 2.44. The number of nitrogens with two attached hydrogens (primary N) is 1. The van der Waals surface area contributed by atoms with E-state index in [1.54, 1.807) is 0 Å². The fourth-order valence-corrected chi connectivity index (χ4v) is 2.35. The van der Waals surface area contributed by atoms with Crippen LogP contribution in [0.5, 0.6) is 0 Å². The van der Waals surface area contributed by atoms with Gasteiger partial charge in [0.15, 0.2) is 0 Å². The van der Waals surface area contributed by atoms with Crippen molar-refractivity contribution in [2.45, 2.75) is 103 Å². The molecule has 0 rings (SSSR count). The summed E-state index contributed by atoms with van der Waals surface area (Å²) in [5.74, 6) is 0. The Morgan fingerprint density at radius 2 is 1.10 bits per heavy atom. The zero-order valence-electron chi connectivity index (χ0n) is 14.4. The molecule has 0 aromatic carbocycles. The fourth-order valence-electron chi connectivity index (χ4n) is 2.35. The highest BCUT2D eigenvalue weighted by Gasteiger charge is 2.14. The minimum absolute atomic E-state index is 0.141. The molecule has 0 aliphatic carbocycles. The van der Waals surface area contributed by atoms with Gasteiger partial charge in [0.1, 0.15) is 0 Å². The Kier molecular flexibility index (Phi) is 13.8. The van der Waals surface area contributed by atoms with E-state index in [4.69, 9.17) is 10.5 Å². The van der Waals surface area contributed by atoms with E-state index in [0.29, 0.717) is 6.54 Å². The van der Waals surface area contributed by atoms with Crippen molar-refractivity contribution in [2.75, 3.05) is 13.2 Å². The lowest BCUT2D eigenvalue weighted by Crippen LogP contribution is -2.34. The van der Waals surface area contributed by atoms with Crippen molar-refractivity contribution < 1.29 is 4.74 Å². The van der Waals surface area contributed by atoms with Gasteiger partial charge in [0.2, 0.25) is 0 Å². The number of rotatable bonds is 15. The van der Waals surface area contributed by atoms with Crippen LogP contribution in [0.3, 0.4) is 0 Å². The van der Waals surface area contributed by atoms with Crippen LogP contribution in [-0.4, -0.2) is 18.8 Å². The Bertz CT molecular complexity index is 192. The Balaban J connectivity index is 3.06. The second kappa shape index (κ2) is 13.9. The quantitative estimate of drug-likeness (QED) is 0.406. The van der Waals surface area contributed by atoms with Crippen LogP contribution in [-0.2, 0) is 4.74 Å². The highest BCUT2D eigenvalue weighted by Crippen LogP contribution is 2.13. The van der Waals surface area contributed by atoms with Crippen LogP contribution < -0.4 is 5.73 Å². The predicted molar refractivity (Wildman–Crippen MR) is 90.2 cm³/mol. The second-order valence-electron chi connectivity index (χ2n) is 6.70. The molecule has 0 amide bonds. The van der Waals surface area contributed by atoms with Gasteiger partial charge in [-0.3, -0.25) is 0 Å². The van der Waals surface area contributed by atoms with Crippen molar-refractivity contribution >= 4 is 0 Å². The third-order valence-electron chi connectivity index (χ3n) is 3.98. The van der Waals surface area contributed by atoms with Crippen molar-refractivity contribution in [3.8, 4) is 0 Å². The summed E-state index contributed by atoms with van der Waals surface area (Å²) in [7, 11) is 0. The first-order chi connectivity index (χ1) is 9.62. The van der Waals surface area contributed by atoms with Crippen LogP contribution in [0, 0.1) is 0 Å². The lowest BCUT2D eigenvalue weighted by molar-refractivity contribution is -0.0121. The van der Waals surface area contributed by atoms with Crippen molar-refractivity contribution in [3.05, 3.63) is 0 Å². The molecule has 0 aliphatic rings. The molecule has 2 N–H and O–H groups in total. The van der Waals surface area contributed by atoms with Gasteiger partial charge in [-0.15, -0.1) is 0 Å². The smallest absolute Gasteiger partial charge is 0.0748 e. The first-order valence-corrected chi connectivity index (χ1v) is 8.96. The van der Waals surface area contributed by atoms with E-state index in [2.05, 4.69) is 20.8 Å². The number of ether oxygens (including phenoxy) is 1. The summed E-state index contributed by atoms with van der Waals surface area (Å²) in [6.07, 6.45) is 16.6. The van der Waals surface area contributed by atoms with Gasteiger partial charge in [-0.25, -0.2) is 0 Å². The molecule has 2 heteroatoms. The van der Waals surface area contributed by atoms with Crippen molar-refractivity contribution in [2.24, 2.45) is 5.73 Å². The van der Waals surface area contributed by atoms with Gasteiger partial charge in [0.05, 0.1) is 5.60 Å². The summed E-state index contributed by atoms with van der Waals surface area (Å²) in [5.41, 5.74) is 5.49. The first kappa shape index (κ1) is 19.9. The molecule has 2 nitrogen and oxygen atoms in total. The zero-order chi connectivity index (χ0) is 15.1. The molecular weight excluding hydrogens is 246 g/mol. The standard InChI is InChI=1S/C18H39NO/c1-4-5-6-7-8-9-10-11-12-13-14-15-16-20-18(2,3)17-19/h4-17,19H2,1-3H3. The van der Waals surface area contributed by atoms with E-state index in [0.717, 1.165) is 6.61 Å². The van der Waals surface area contributed by atoms with E-state index in [1.807, 2.05) is 0 Å². The summed E-state index contributed by atoms with van der Waals surface area (Å²) >= 11 is 0. The summed E-state index contributed by atoms with van der Waals surface area (Å²) in [4.78, 5) is 0. The molecule has 0 radical (unpaired) electrons. The molecule has 0 heterocycles. The Morgan fingerprint density at radius 1 is 0.700 bits per heavy atom. The molecule has 0 saturated carbocycles. The van der Waals surface area contributed by atoms with Crippen LogP contribution >= 0.6 is 0 Å². The summed E-state index contributed by atoms with van der Waals surface area (Å²) in [5, 5.41) is 0. The zero-order valence-corrected chi connectivity index (χ0v) is 14.4. The topological polar surface area (TPSA) is 35.2 Å². The molecule has 0 spiro atoms. The van der Waals surface area contributed by atoms with Gasteiger partial charge >= 0.3 is 0 Å². The van der Waals surface area contributed by atoms with Crippen LogP contribution in [0.4, 0.5) is 0 Å². The maximum absolute atomic E-state index is 5.75. The van der Waals surface area contributed by atoms with Crippen LogP contribution in [0.15, 0.2) is 0 Å². The highest BCUT2D eigenvalue weighted by molar-refractivity contribution is 4.68.